The Hall–Kier alpha value is -0.930. The Morgan fingerprint density at radius 3 is 3.00 bits per heavy atom. The van der Waals surface area contributed by atoms with E-state index in [1.165, 1.54) is 0 Å². The van der Waals surface area contributed by atoms with Crippen LogP contribution in [-0.2, 0) is 4.79 Å². The van der Waals surface area contributed by atoms with Crippen molar-refractivity contribution in [3.63, 3.8) is 0 Å². The van der Waals surface area contributed by atoms with Crippen LogP contribution in [0.25, 0.3) is 0 Å². The van der Waals surface area contributed by atoms with E-state index in [9.17, 15) is 4.79 Å². The fraction of sp³-hybridized carbons (Fsp3) is 0.333. The highest BCUT2D eigenvalue weighted by molar-refractivity contribution is 8.00. The lowest BCUT2D eigenvalue weighted by Gasteiger charge is -2.14. The zero-order valence-electron chi connectivity index (χ0n) is 9.82. The van der Waals surface area contributed by atoms with E-state index in [0.29, 0.717) is 10.0 Å². The summed E-state index contributed by atoms with van der Waals surface area (Å²) in [4.78, 5) is 11.3. The molecule has 2 N–H and O–H groups in total. The summed E-state index contributed by atoms with van der Waals surface area (Å²) in [7, 11) is 0. The molecule has 100 valence electrons. The number of thioether (sulfide) groups is 1. The second kappa shape index (κ2) is 6.49. The number of hydrogen-bond acceptors (Lipinski definition) is 4. The molecule has 7 heteroatoms. The molecule has 0 radical (unpaired) electrons. The first kappa shape index (κ1) is 14.5. The van der Waals surface area contributed by atoms with Gasteiger partial charge in [0, 0.05) is 11.8 Å². The van der Waals surface area contributed by atoms with Crippen molar-refractivity contribution < 1.29 is 4.79 Å². The summed E-state index contributed by atoms with van der Waals surface area (Å²) < 4.78 is 0. The molecule has 2 rings (SSSR count). The Labute approximate surface area is 125 Å². The van der Waals surface area contributed by atoms with Gasteiger partial charge >= 0.3 is 0 Å². The summed E-state index contributed by atoms with van der Waals surface area (Å²) in [6.07, 6.45) is -0.129. The van der Waals surface area contributed by atoms with Crippen LogP contribution in [0.2, 0.25) is 10.0 Å². The predicted molar refractivity (Wildman–Crippen MR) is 77.0 cm³/mol. The maximum atomic E-state index is 11.3. The monoisotopic (exact) mass is 315 g/mol. The van der Waals surface area contributed by atoms with Crippen molar-refractivity contribution in [2.24, 2.45) is 0 Å². The molecule has 0 bridgehead atoms. The van der Waals surface area contributed by atoms with Gasteiger partial charge in [0.1, 0.15) is 11.9 Å². The molecule has 1 saturated heterocycles. The normalized spacial score (nSPS) is 21.9. The molecule has 19 heavy (non-hydrogen) atoms. The van der Waals surface area contributed by atoms with Crippen LogP contribution in [0.3, 0.4) is 0 Å². The van der Waals surface area contributed by atoms with Crippen LogP contribution in [0.4, 0.5) is 0 Å². The van der Waals surface area contributed by atoms with Crippen molar-refractivity contribution in [3.05, 3.63) is 33.8 Å². The molecule has 1 aliphatic heterocycles. The maximum Gasteiger partial charge on any atom is 0.236 e. The predicted octanol–water partition coefficient (Wildman–Crippen LogP) is 2.68. The molecule has 1 aliphatic rings. The van der Waals surface area contributed by atoms with E-state index in [2.05, 4.69) is 10.6 Å². The van der Waals surface area contributed by atoms with E-state index >= 15 is 0 Å². The van der Waals surface area contributed by atoms with Gasteiger partial charge in [0.15, 0.2) is 0 Å². The lowest BCUT2D eigenvalue weighted by molar-refractivity contribution is -0.120. The third-order valence-electron chi connectivity index (χ3n) is 2.66. The maximum absolute atomic E-state index is 11.3. The topological polar surface area (TPSA) is 64.9 Å². The average Bonchev–Trinajstić information content (AvgIpc) is 2.81. The van der Waals surface area contributed by atoms with Crippen LogP contribution < -0.4 is 10.6 Å². The molecule has 1 fully saturated rings. The molecule has 1 amide bonds. The van der Waals surface area contributed by atoms with Crippen LogP contribution >= 0.6 is 35.0 Å². The number of carbonyl (C=O) groups is 1. The van der Waals surface area contributed by atoms with E-state index in [-0.39, 0.29) is 23.9 Å². The standard InChI is InChI=1S/C12H11Cl2N3OS/c13-8-2-1-7(5-9(8)14)10-6-19-12(16-10)17-11(18)3-4-15/h1-2,5,10,12,16H,3,6H2,(H,17,18). The minimum Gasteiger partial charge on any atom is -0.331 e. The van der Waals surface area contributed by atoms with Crippen molar-refractivity contribution in [2.75, 3.05) is 5.75 Å². The number of nitrogens with one attached hydrogen (secondary N) is 2. The van der Waals surface area contributed by atoms with E-state index in [0.717, 1.165) is 11.3 Å². The number of halogens is 2. The second-order valence-corrected chi connectivity index (χ2v) is 5.96. The first-order valence-electron chi connectivity index (χ1n) is 5.59. The van der Waals surface area contributed by atoms with Crippen molar-refractivity contribution in [1.29, 1.82) is 5.26 Å². The molecule has 1 heterocycles. The lowest BCUT2D eigenvalue weighted by atomic mass is 10.1. The van der Waals surface area contributed by atoms with Crippen molar-refractivity contribution in [2.45, 2.75) is 18.0 Å². The Kier molecular flexibility index (Phi) is 4.94. The summed E-state index contributed by atoms with van der Waals surface area (Å²) in [5.41, 5.74) is 0.847. The van der Waals surface area contributed by atoms with Crippen molar-refractivity contribution in [1.82, 2.24) is 10.6 Å². The highest BCUT2D eigenvalue weighted by atomic mass is 35.5. The Balaban J connectivity index is 1.96. The number of nitrogens with zero attached hydrogens (tertiary/aromatic N) is 1. The Bertz CT molecular complexity index is 532. The molecule has 0 aromatic heterocycles. The van der Waals surface area contributed by atoms with Crippen LogP contribution in [0.5, 0.6) is 0 Å². The van der Waals surface area contributed by atoms with Gasteiger partial charge in [0.05, 0.1) is 16.1 Å². The summed E-state index contributed by atoms with van der Waals surface area (Å²) in [5.74, 6) is 0.539. The SMILES string of the molecule is N#CCC(=O)NC1NC(c2ccc(Cl)c(Cl)c2)CS1. The number of hydrogen-bond donors (Lipinski definition) is 2. The van der Waals surface area contributed by atoms with Gasteiger partial charge in [0.25, 0.3) is 0 Å². The molecule has 1 aromatic carbocycles. The second-order valence-electron chi connectivity index (χ2n) is 4.01. The third kappa shape index (κ3) is 3.77. The van der Waals surface area contributed by atoms with Crippen LogP contribution in [0.1, 0.15) is 18.0 Å². The van der Waals surface area contributed by atoms with Gasteiger partial charge in [-0.05, 0) is 17.7 Å². The molecular weight excluding hydrogens is 305 g/mol. The molecule has 1 aromatic rings. The molecule has 2 atom stereocenters. The van der Waals surface area contributed by atoms with Gasteiger partial charge in [-0.2, -0.15) is 5.26 Å². The van der Waals surface area contributed by atoms with Gasteiger partial charge < -0.3 is 5.32 Å². The van der Waals surface area contributed by atoms with Crippen molar-refractivity contribution >= 4 is 40.9 Å². The zero-order valence-corrected chi connectivity index (χ0v) is 12.1. The summed E-state index contributed by atoms with van der Waals surface area (Å²) >= 11 is 13.4. The summed E-state index contributed by atoms with van der Waals surface area (Å²) in [6.45, 7) is 0. The number of benzene rings is 1. The van der Waals surface area contributed by atoms with E-state index in [1.807, 2.05) is 18.2 Å². The summed E-state index contributed by atoms with van der Waals surface area (Å²) in [6, 6.07) is 7.41. The molecule has 0 saturated carbocycles. The molecule has 2 unspecified atom stereocenters. The quantitative estimate of drug-likeness (QED) is 0.900. The summed E-state index contributed by atoms with van der Waals surface area (Å²) in [5, 5.41) is 15.5. The first-order chi connectivity index (χ1) is 9.10. The molecule has 4 nitrogen and oxygen atoms in total. The van der Waals surface area contributed by atoms with Gasteiger partial charge in [-0.3, -0.25) is 10.1 Å². The molecule has 0 aliphatic carbocycles. The highest BCUT2D eigenvalue weighted by Gasteiger charge is 2.26. The highest BCUT2D eigenvalue weighted by Crippen LogP contribution is 2.31. The smallest absolute Gasteiger partial charge is 0.236 e. The zero-order chi connectivity index (χ0) is 13.8. The van der Waals surface area contributed by atoms with Gasteiger partial charge in [-0.1, -0.05) is 29.3 Å². The molecule has 0 spiro atoms. The Morgan fingerprint density at radius 1 is 1.53 bits per heavy atom. The van der Waals surface area contributed by atoms with Crippen LogP contribution in [-0.4, -0.2) is 17.2 Å². The van der Waals surface area contributed by atoms with Gasteiger partial charge in [-0.25, -0.2) is 0 Å². The third-order valence-corrected chi connectivity index (χ3v) is 4.51. The van der Waals surface area contributed by atoms with Crippen LogP contribution in [0.15, 0.2) is 18.2 Å². The van der Waals surface area contributed by atoms with Crippen molar-refractivity contribution in [3.8, 4) is 6.07 Å². The Morgan fingerprint density at radius 2 is 2.32 bits per heavy atom. The van der Waals surface area contributed by atoms with Gasteiger partial charge in [0.2, 0.25) is 5.91 Å². The van der Waals surface area contributed by atoms with E-state index in [1.54, 1.807) is 17.8 Å². The molecular formula is C12H11Cl2N3OS. The van der Waals surface area contributed by atoms with Crippen LogP contribution in [0, 0.1) is 11.3 Å². The first-order valence-corrected chi connectivity index (χ1v) is 7.39. The van der Waals surface area contributed by atoms with Gasteiger partial charge in [-0.15, -0.1) is 11.8 Å². The number of carbonyl (C=O) groups excluding carboxylic acids is 1. The number of rotatable bonds is 3. The number of nitriles is 1. The fourth-order valence-corrected chi connectivity index (χ4v) is 3.20. The minimum absolute atomic E-state index is 0.104. The average molecular weight is 316 g/mol. The van der Waals surface area contributed by atoms with E-state index < -0.39 is 0 Å². The number of amides is 1. The van der Waals surface area contributed by atoms with E-state index in [4.69, 9.17) is 28.5 Å². The fourth-order valence-electron chi connectivity index (χ4n) is 1.75. The minimum atomic E-state index is -0.276. The lowest BCUT2D eigenvalue weighted by Crippen LogP contribution is -2.40. The largest absolute Gasteiger partial charge is 0.331 e.